The molecule has 1 unspecified atom stereocenters. The number of Topliss-reactive ketones (excluding diaryl/α,β-unsaturated/α-hetero) is 1. The van der Waals surface area contributed by atoms with Gasteiger partial charge in [-0.2, -0.15) is 0 Å². The zero-order valence-electron chi connectivity index (χ0n) is 11.0. The highest BCUT2D eigenvalue weighted by Gasteiger charge is 2.28. The van der Waals surface area contributed by atoms with Gasteiger partial charge in [0.15, 0.2) is 11.5 Å². The molecule has 1 aliphatic rings. The molecule has 0 bridgehead atoms. The zero-order valence-corrected chi connectivity index (χ0v) is 11.0. The molecule has 1 heterocycles. The van der Waals surface area contributed by atoms with Crippen molar-refractivity contribution in [2.24, 2.45) is 5.92 Å². The van der Waals surface area contributed by atoms with E-state index >= 15 is 0 Å². The quantitative estimate of drug-likeness (QED) is 0.877. The molecule has 0 spiro atoms. The minimum atomic E-state index is -0.268. The van der Waals surface area contributed by atoms with Crippen molar-refractivity contribution in [3.8, 4) is 11.5 Å². The second-order valence-electron chi connectivity index (χ2n) is 4.72. The summed E-state index contributed by atoms with van der Waals surface area (Å²) in [6, 6.07) is 4.81. The second-order valence-corrected chi connectivity index (χ2v) is 4.72. The van der Waals surface area contributed by atoms with Crippen LogP contribution in [0.1, 0.15) is 23.7 Å². The van der Waals surface area contributed by atoms with Crippen LogP contribution < -0.4 is 4.74 Å². The van der Waals surface area contributed by atoms with E-state index in [4.69, 9.17) is 4.74 Å². The minimum Gasteiger partial charge on any atom is -0.504 e. The first kappa shape index (κ1) is 13.4. The molecule has 1 aromatic carbocycles. The highest BCUT2D eigenvalue weighted by atomic mass is 16.5. The van der Waals surface area contributed by atoms with Gasteiger partial charge in [-0.25, -0.2) is 0 Å². The van der Waals surface area contributed by atoms with Crippen LogP contribution in [-0.2, 0) is 4.79 Å². The van der Waals surface area contributed by atoms with Crippen LogP contribution in [0.3, 0.4) is 0 Å². The fraction of sp³-hybridized carbons (Fsp3) is 0.429. The number of piperidine rings is 1. The number of hydrogen-bond acceptors (Lipinski definition) is 4. The van der Waals surface area contributed by atoms with Gasteiger partial charge in [0, 0.05) is 25.4 Å². The summed E-state index contributed by atoms with van der Waals surface area (Å²) in [7, 11) is 1.44. The van der Waals surface area contributed by atoms with Crippen LogP contribution in [0, 0.1) is 5.92 Å². The number of rotatable bonds is 2. The third-order valence-corrected chi connectivity index (χ3v) is 3.41. The van der Waals surface area contributed by atoms with Crippen LogP contribution in [0.25, 0.3) is 0 Å². The van der Waals surface area contributed by atoms with Crippen molar-refractivity contribution in [1.29, 1.82) is 0 Å². The van der Waals surface area contributed by atoms with E-state index in [9.17, 15) is 14.7 Å². The van der Waals surface area contributed by atoms with Crippen LogP contribution in [0.4, 0.5) is 0 Å². The Balaban J connectivity index is 2.23. The van der Waals surface area contributed by atoms with Gasteiger partial charge >= 0.3 is 0 Å². The summed E-state index contributed by atoms with van der Waals surface area (Å²) in [4.78, 5) is 25.4. The van der Waals surface area contributed by atoms with E-state index in [1.54, 1.807) is 23.1 Å². The maximum absolute atomic E-state index is 12.3. The van der Waals surface area contributed by atoms with Crippen molar-refractivity contribution < 1.29 is 19.4 Å². The molecule has 1 aliphatic heterocycles. The van der Waals surface area contributed by atoms with E-state index in [1.165, 1.54) is 7.11 Å². The number of ketones is 1. The molecule has 5 heteroatoms. The average molecular weight is 263 g/mol. The smallest absolute Gasteiger partial charge is 0.257 e. The number of ether oxygens (including phenoxy) is 1. The molecule has 0 radical (unpaired) electrons. The van der Waals surface area contributed by atoms with Gasteiger partial charge in [0.25, 0.3) is 5.91 Å². The van der Waals surface area contributed by atoms with Crippen molar-refractivity contribution in [1.82, 2.24) is 4.90 Å². The van der Waals surface area contributed by atoms with Gasteiger partial charge in [0.1, 0.15) is 5.78 Å². The number of hydrogen-bond donors (Lipinski definition) is 1. The minimum absolute atomic E-state index is 0.148. The first-order chi connectivity index (χ1) is 9.04. The number of nitrogens with zero attached hydrogens (tertiary/aromatic N) is 1. The molecule has 1 fully saturated rings. The number of carbonyl (C=O) groups excluding carboxylic acids is 2. The van der Waals surface area contributed by atoms with Gasteiger partial charge in [-0.15, -0.1) is 0 Å². The van der Waals surface area contributed by atoms with Crippen molar-refractivity contribution in [3.63, 3.8) is 0 Å². The number of para-hydroxylation sites is 1. The van der Waals surface area contributed by atoms with Gasteiger partial charge in [0.05, 0.1) is 12.7 Å². The molecule has 1 amide bonds. The normalized spacial score (nSPS) is 19.4. The monoisotopic (exact) mass is 263 g/mol. The van der Waals surface area contributed by atoms with Crippen LogP contribution in [-0.4, -0.2) is 41.9 Å². The largest absolute Gasteiger partial charge is 0.504 e. The Morgan fingerprint density at radius 2 is 2.21 bits per heavy atom. The SMILES string of the molecule is COc1cccc(C(=O)N2CCC(=O)C(C)C2)c1O. The number of carbonyl (C=O) groups is 2. The summed E-state index contributed by atoms with van der Waals surface area (Å²) >= 11 is 0. The topological polar surface area (TPSA) is 66.8 Å². The van der Waals surface area contributed by atoms with Crippen molar-refractivity contribution in [2.45, 2.75) is 13.3 Å². The third kappa shape index (κ3) is 2.54. The number of benzene rings is 1. The number of phenols is 1. The zero-order chi connectivity index (χ0) is 14.0. The van der Waals surface area contributed by atoms with E-state index in [-0.39, 0.29) is 34.7 Å². The lowest BCUT2D eigenvalue weighted by Crippen LogP contribution is -2.43. The highest BCUT2D eigenvalue weighted by Crippen LogP contribution is 2.30. The van der Waals surface area contributed by atoms with Gasteiger partial charge in [0.2, 0.25) is 0 Å². The summed E-state index contributed by atoms with van der Waals surface area (Å²) in [5.74, 6) is -0.119. The molecular formula is C14H17NO4. The van der Waals surface area contributed by atoms with E-state index in [0.717, 1.165) is 0 Å². The van der Waals surface area contributed by atoms with Crippen LogP contribution >= 0.6 is 0 Å². The first-order valence-corrected chi connectivity index (χ1v) is 6.22. The Labute approximate surface area is 111 Å². The van der Waals surface area contributed by atoms with Crippen LogP contribution in [0.2, 0.25) is 0 Å². The average Bonchev–Trinajstić information content (AvgIpc) is 2.41. The Bertz CT molecular complexity index is 512. The van der Waals surface area contributed by atoms with Crippen LogP contribution in [0.15, 0.2) is 18.2 Å². The molecule has 19 heavy (non-hydrogen) atoms. The summed E-state index contributed by atoms with van der Waals surface area (Å²) in [5.41, 5.74) is 0.209. The third-order valence-electron chi connectivity index (χ3n) is 3.41. The van der Waals surface area contributed by atoms with Gasteiger partial charge < -0.3 is 14.7 Å². The molecule has 102 valence electrons. The predicted molar refractivity (Wildman–Crippen MR) is 69.4 cm³/mol. The standard InChI is InChI=1S/C14H17NO4/c1-9-8-15(7-6-11(9)16)14(18)10-4-3-5-12(19-2)13(10)17/h3-5,9,17H,6-8H2,1-2H3. The van der Waals surface area contributed by atoms with Gasteiger partial charge in [-0.3, -0.25) is 9.59 Å². The van der Waals surface area contributed by atoms with E-state index in [2.05, 4.69) is 0 Å². The predicted octanol–water partition coefficient (Wildman–Crippen LogP) is 1.45. The van der Waals surface area contributed by atoms with Crippen molar-refractivity contribution in [3.05, 3.63) is 23.8 Å². The number of phenolic OH excluding ortho intramolecular Hbond substituents is 1. The lowest BCUT2D eigenvalue weighted by molar-refractivity contribution is -0.124. The van der Waals surface area contributed by atoms with Crippen molar-refractivity contribution in [2.75, 3.05) is 20.2 Å². The Morgan fingerprint density at radius 3 is 2.84 bits per heavy atom. The second kappa shape index (κ2) is 5.30. The Kier molecular flexibility index (Phi) is 3.74. The maximum atomic E-state index is 12.3. The number of amides is 1. The summed E-state index contributed by atoms with van der Waals surface area (Å²) < 4.78 is 4.99. The number of aromatic hydroxyl groups is 1. The molecule has 0 aromatic heterocycles. The Hall–Kier alpha value is -2.04. The van der Waals surface area contributed by atoms with Crippen molar-refractivity contribution >= 4 is 11.7 Å². The molecule has 0 aliphatic carbocycles. The molecule has 2 rings (SSSR count). The molecule has 1 atom stereocenters. The maximum Gasteiger partial charge on any atom is 0.257 e. The molecular weight excluding hydrogens is 246 g/mol. The molecule has 1 aromatic rings. The van der Waals surface area contributed by atoms with Gasteiger partial charge in [-0.05, 0) is 12.1 Å². The van der Waals surface area contributed by atoms with Crippen LogP contribution in [0.5, 0.6) is 11.5 Å². The lowest BCUT2D eigenvalue weighted by Gasteiger charge is -2.30. The molecule has 1 N–H and O–H groups in total. The molecule has 5 nitrogen and oxygen atoms in total. The Morgan fingerprint density at radius 1 is 1.47 bits per heavy atom. The van der Waals surface area contributed by atoms with E-state index in [1.807, 2.05) is 6.92 Å². The molecule has 0 saturated carbocycles. The number of methoxy groups -OCH3 is 1. The fourth-order valence-corrected chi connectivity index (χ4v) is 2.23. The first-order valence-electron chi connectivity index (χ1n) is 6.22. The fourth-order valence-electron chi connectivity index (χ4n) is 2.23. The lowest BCUT2D eigenvalue weighted by atomic mass is 9.98. The van der Waals surface area contributed by atoms with Gasteiger partial charge in [-0.1, -0.05) is 13.0 Å². The number of likely N-dealkylation sites (tertiary alicyclic amines) is 1. The van der Waals surface area contributed by atoms with E-state index < -0.39 is 0 Å². The summed E-state index contributed by atoms with van der Waals surface area (Å²) in [6.45, 7) is 2.61. The molecule has 1 saturated heterocycles. The van der Waals surface area contributed by atoms with E-state index in [0.29, 0.717) is 19.5 Å². The summed E-state index contributed by atoms with van der Waals surface area (Å²) in [5, 5.41) is 9.97. The highest BCUT2D eigenvalue weighted by molar-refractivity contribution is 5.98. The summed E-state index contributed by atoms with van der Waals surface area (Å²) in [6.07, 6.45) is 0.373.